The lowest BCUT2D eigenvalue weighted by atomic mass is 10.0. The number of nitrogens with two attached hydrogens (primary N) is 3. The molecular weight excluding hydrogens is 102 g/mol. The zero-order valence-electron chi connectivity index (χ0n) is 5.30. The first-order chi connectivity index (χ1) is 3.72. The van der Waals surface area contributed by atoms with Crippen molar-refractivity contribution in [2.24, 2.45) is 23.1 Å². The first kappa shape index (κ1) is 7.88. The van der Waals surface area contributed by atoms with Crippen LogP contribution < -0.4 is 17.2 Å². The van der Waals surface area contributed by atoms with Gasteiger partial charge in [-0.25, -0.2) is 0 Å². The Balaban J connectivity index is 3.35. The van der Waals surface area contributed by atoms with E-state index in [4.69, 9.17) is 17.2 Å². The summed E-state index contributed by atoms with van der Waals surface area (Å²) >= 11 is 0. The van der Waals surface area contributed by atoms with Crippen molar-refractivity contribution in [1.82, 2.24) is 0 Å². The van der Waals surface area contributed by atoms with Crippen LogP contribution in [0.3, 0.4) is 0 Å². The van der Waals surface area contributed by atoms with Gasteiger partial charge in [0.05, 0.1) is 0 Å². The summed E-state index contributed by atoms with van der Waals surface area (Å²) in [6.45, 7) is 3.10. The molecule has 3 heteroatoms. The highest BCUT2D eigenvalue weighted by atomic mass is 14.7. The molecule has 0 aromatic heterocycles. The van der Waals surface area contributed by atoms with E-state index in [-0.39, 0.29) is 12.0 Å². The van der Waals surface area contributed by atoms with E-state index in [1.54, 1.807) is 0 Å². The Morgan fingerprint density at radius 3 is 1.62 bits per heavy atom. The Kier molecular flexibility index (Phi) is 3.77. The molecule has 0 fully saturated rings. The predicted octanol–water partition coefficient (Wildman–Crippen LogP) is -1.13. The molecule has 8 heavy (non-hydrogen) atoms. The van der Waals surface area contributed by atoms with E-state index in [0.29, 0.717) is 13.1 Å². The molecule has 6 N–H and O–H groups in total. The minimum atomic E-state index is 0.130. The third-order valence-electron chi connectivity index (χ3n) is 1.35. The number of hydrogen-bond donors (Lipinski definition) is 3. The third kappa shape index (κ3) is 2.26. The molecule has 0 saturated carbocycles. The lowest BCUT2D eigenvalue weighted by Gasteiger charge is -2.14. The second kappa shape index (κ2) is 3.83. The maximum atomic E-state index is 5.50. The van der Waals surface area contributed by atoms with E-state index in [0.717, 1.165) is 0 Å². The molecule has 0 bridgehead atoms. The molecule has 0 saturated heterocycles. The zero-order valence-corrected chi connectivity index (χ0v) is 5.30. The van der Waals surface area contributed by atoms with Gasteiger partial charge in [-0.05, 0) is 25.9 Å². The van der Waals surface area contributed by atoms with Crippen molar-refractivity contribution in [3.63, 3.8) is 0 Å². The normalized spacial score (nSPS) is 14.6. The molecule has 1 atom stereocenters. The van der Waals surface area contributed by atoms with Crippen LogP contribution >= 0.6 is 0 Å². The molecule has 0 radical (unpaired) electrons. The predicted molar refractivity (Wildman–Crippen MR) is 35.2 cm³/mol. The lowest BCUT2D eigenvalue weighted by Crippen LogP contribution is -2.37. The SMILES string of the molecule is CC(N)C(CN)CN. The molecular formula is C5H15N3. The van der Waals surface area contributed by atoms with E-state index < -0.39 is 0 Å². The van der Waals surface area contributed by atoms with E-state index in [1.807, 2.05) is 6.92 Å². The summed E-state index contributed by atoms with van der Waals surface area (Å²) in [5.74, 6) is 0.287. The molecule has 0 spiro atoms. The van der Waals surface area contributed by atoms with E-state index in [2.05, 4.69) is 0 Å². The van der Waals surface area contributed by atoms with Gasteiger partial charge >= 0.3 is 0 Å². The highest BCUT2D eigenvalue weighted by Crippen LogP contribution is 1.93. The van der Waals surface area contributed by atoms with Gasteiger partial charge in [0.1, 0.15) is 0 Å². The van der Waals surface area contributed by atoms with Crippen molar-refractivity contribution in [3.8, 4) is 0 Å². The van der Waals surface area contributed by atoms with Crippen LogP contribution in [0.5, 0.6) is 0 Å². The van der Waals surface area contributed by atoms with Gasteiger partial charge in [-0.15, -0.1) is 0 Å². The van der Waals surface area contributed by atoms with E-state index in [1.165, 1.54) is 0 Å². The highest BCUT2D eigenvalue weighted by Gasteiger charge is 2.07. The van der Waals surface area contributed by atoms with E-state index in [9.17, 15) is 0 Å². The van der Waals surface area contributed by atoms with Crippen molar-refractivity contribution < 1.29 is 0 Å². The van der Waals surface area contributed by atoms with Gasteiger partial charge in [0.2, 0.25) is 0 Å². The summed E-state index contributed by atoms with van der Waals surface area (Å²) < 4.78 is 0. The summed E-state index contributed by atoms with van der Waals surface area (Å²) in [6, 6.07) is 0.130. The molecule has 0 aliphatic rings. The monoisotopic (exact) mass is 117 g/mol. The van der Waals surface area contributed by atoms with Gasteiger partial charge in [-0.1, -0.05) is 0 Å². The molecule has 0 heterocycles. The van der Waals surface area contributed by atoms with Gasteiger partial charge < -0.3 is 17.2 Å². The van der Waals surface area contributed by atoms with Gasteiger partial charge in [0.25, 0.3) is 0 Å². The minimum absolute atomic E-state index is 0.130. The molecule has 1 unspecified atom stereocenters. The Morgan fingerprint density at radius 1 is 1.25 bits per heavy atom. The maximum Gasteiger partial charge on any atom is 0.00628 e. The second-order valence-electron chi connectivity index (χ2n) is 2.09. The van der Waals surface area contributed by atoms with E-state index >= 15 is 0 Å². The van der Waals surface area contributed by atoms with Crippen molar-refractivity contribution in [2.75, 3.05) is 13.1 Å². The summed E-state index contributed by atoms with van der Waals surface area (Å²) in [5, 5.41) is 0. The molecule has 0 aliphatic carbocycles. The molecule has 3 nitrogen and oxygen atoms in total. The van der Waals surface area contributed by atoms with Crippen LogP contribution in [0.2, 0.25) is 0 Å². The minimum Gasteiger partial charge on any atom is -0.330 e. The van der Waals surface area contributed by atoms with Gasteiger partial charge in [0, 0.05) is 6.04 Å². The van der Waals surface area contributed by atoms with Crippen LogP contribution in [0.4, 0.5) is 0 Å². The fourth-order valence-electron chi connectivity index (χ4n) is 0.526. The van der Waals surface area contributed by atoms with Crippen LogP contribution in [-0.4, -0.2) is 19.1 Å². The molecule has 50 valence electrons. The number of rotatable bonds is 3. The summed E-state index contributed by atoms with van der Waals surface area (Å²) in [4.78, 5) is 0. The smallest absolute Gasteiger partial charge is 0.00628 e. The Morgan fingerprint density at radius 2 is 1.62 bits per heavy atom. The topological polar surface area (TPSA) is 78.1 Å². The molecule has 0 aliphatic heterocycles. The molecule has 0 amide bonds. The van der Waals surface area contributed by atoms with Crippen molar-refractivity contribution >= 4 is 0 Å². The van der Waals surface area contributed by atoms with Crippen LogP contribution in [0.25, 0.3) is 0 Å². The fraction of sp³-hybridized carbons (Fsp3) is 1.00. The van der Waals surface area contributed by atoms with Crippen LogP contribution in [0.15, 0.2) is 0 Å². The Bertz CT molecular complexity index is 49.6. The standard InChI is InChI=1S/C5H15N3/c1-4(8)5(2-6)3-7/h4-5H,2-3,6-8H2,1H3. The molecule has 0 aromatic carbocycles. The average molecular weight is 117 g/mol. The summed E-state index contributed by atoms with van der Waals surface area (Å²) in [7, 11) is 0. The Hall–Kier alpha value is -0.120. The fourth-order valence-corrected chi connectivity index (χ4v) is 0.526. The van der Waals surface area contributed by atoms with Crippen molar-refractivity contribution in [1.29, 1.82) is 0 Å². The van der Waals surface area contributed by atoms with Crippen LogP contribution in [-0.2, 0) is 0 Å². The van der Waals surface area contributed by atoms with Crippen molar-refractivity contribution in [2.45, 2.75) is 13.0 Å². The Labute approximate surface area is 50.2 Å². The maximum absolute atomic E-state index is 5.50. The molecule has 0 rings (SSSR count). The zero-order chi connectivity index (χ0) is 6.57. The lowest BCUT2D eigenvalue weighted by molar-refractivity contribution is 0.464. The van der Waals surface area contributed by atoms with Gasteiger partial charge in [0.15, 0.2) is 0 Å². The first-order valence-electron chi connectivity index (χ1n) is 2.88. The average Bonchev–Trinajstić information content (AvgIpc) is 1.69. The third-order valence-corrected chi connectivity index (χ3v) is 1.35. The summed E-state index contributed by atoms with van der Waals surface area (Å²) in [6.07, 6.45) is 0. The second-order valence-corrected chi connectivity index (χ2v) is 2.09. The van der Waals surface area contributed by atoms with Gasteiger partial charge in [-0.2, -0.15) is 0 Å². The largest absolute Gasteiger partial charge is 0.330 e. The quantitative estimate of drug-likeness (QED) is 0.437. The number of hydrogen-bond acceptors (Lipinski definition) is 3. The highest BCUT2D eigenvalue weighted by molar-refractivity contribution is 4.68. The molecule has 0 aromatic rings. The van der Waals surface area contributed by atoms with Crippen LogP contribution in [0, 0.1) is 5.92 Å². The van der Waals surface area contributed by atoms with Gasteiger partial charge in [-0.3, -0.25) is 0 Å². The van der Waals surface area contributed by atoms with Crippen LogP contribution in [0.1, 0.15) is 6.92 Å². The van der Waals surface area contributed by atoms with Crippen molar-refractivity contribution in [3.05, 3.63) is 0 Å². The first-order valence-corrected chi connectivity index (χ1v) is 2.88. The summed E-state index contributed by atoms with van der Waals surface area (Å²) in [5.41, 5.74) is 16.1.